The van der Waals surface area contributed by atoms with Crippen molar-refractivity contribution in [2.45, 2.75) is 0 Å². The van der Waals surface area contributed by atoms with E-state index in [1.807, 2.05) is 47.8 Å². The molecule has 0 aliphatic heterocycles. The lowest BCUT2D eigenvalue weighted by molar-refractivity contribution is 0.0959. The van der Waals surface area contributed by atoms with Crippen molar-refractivity contribution >= 4 is 28.4 Å². The number of amides is 3. The van der Waals surface area contributed by atoms with Gasteiger partial charge < -0.3 is 10.1 Å². The van der Waals surface area contributed by atoms with Crippen molar-refractivity contribution in [1.82, 2.24) is 5.32 Å². The monoisotopic (exact) mass is 418 g/mol. The molecule has 4 aromatic carbocycles. The number of carbonyl (C=O) groups is 2. The zero-order chi connectivity index (χ0) is 21.8. The van der Waals surface area contributed by atoms with Crippen molar-refractivity contribution in [1.29, 1.82) is 0 Å². The highest BCUT2D eigenvalue weighted by atomic mass is 19.1. The van der Waals surface area contributed by atoms with Crippen LogP contribution in [0.4, 0.5) is 19.3 Å². The van der Waals surface area contributed by atoms with Crippen LogP contribution in [0.25, 0.3) is 10.8 Å². The number of ether oxygens (including phenoxy) is 1. The Morgan fingerprint density at radius 3 is 2.13 bits per heavy atom. The molecule has 5 nitrogen and oxygen atoms in total. The summed E-state index contributed by atoms with van der Waals surface area (Å²) >= 11 is 0. The topological polar surface area (TPSA) is 67.4 Å². The Morgan fingerprint density at radius 1 is 0.742 bits per heavy atom. The van der Waals surface area contributed by atoms with Gasteiger partial charge in [-0.1, -0.05) is 42.5 Å². The Morgan fingerprint density at radius 2 is 1.39 bits per heavy atom. The third kappa shape index (κ3) is 4.51. The van der Waals surface area contributed by atoms with E-state index < -0.39 is 29.1 Å². The number of imide groups is 1. The number of nitrogens with one attached hydrogen (secondary N) is 2. The molecule has 0 bridgehead atoms. The molecule has 31 heavy (non-hydrogen) atoms. The molecule has 0 unspecified atom stereocenters. The van der Waals surface area contributed by atoms with Gasteiger partial charge in [0.25, 0.3) is 5.91 Å². The van der Waals surface area contributed by atoms with Crippen LogP contribution in [0, 0.1) is 11.6 Å². The number of urea groups is 1. The molecule has 0 saturated carbocycles. The predicted octanol–water partition coefficient (Wildman–Crippen LogP) is 5.87. The maximum Gasteiger partial charge on any atom is 0.326 e. The van der Waals surface area contributed by atoms with Gasteiger partial charge in [-0.2, -0.15) is 0 Å². The SMILES string of the molecule is O=C(NC(=O)c1c(F)cccc1F)Nc1ccc(Oc2cccc3ccccc23)cc1. The fourth-order valence-electron chi connectivity index (χ4n) is 3.06. The number of hydrogen-bond donors (Lipinski definition) is 2. The first-order chi connectivity index (χ1) is 15.0. The van der Waals surface area contributed by atoms with Crippen LogP contribution in [0.1, 0.15) is 10.4 Å². The van der Waals surface area contributed by atoms with E-state index in [0.717, 1.165) is 29.0 Å². The average molecular weight is 418 g/mol. The molecule has 0 saturated heterocycles. The molecule has 3 amide bonds. The molecule has 0 heterocycles. The van der Waals surface area contributed by atoms with E-state index in [1.54, 1.807) is 24.3 Å². The van der Waals surface area contributed by atoms with Crippen LogP contribution in [0.2, 0.25) is 0 Å². The van der Waals surface area contributed by atoms with Gasteiger partial charge in [-0.25, -0.2) is 13.6 Å². The van der Waals surface area contributed by atoms with E-state index in [1.165, 1.54) is 0 Å². The summed E-state index contributed by atoms with van der Waals surface area (Å²) in [6, 6.07) is 22.1. The van der Waals surface area contributed by atoms with Gasteiger partial charge in [-0.15, -0.1) is 0 Å². The first kappa shape index (κ1) is 20.0. The molecule has 154 valence electrons. The second-order valence-corrected chi connectivity index (χ2v) is 6.61. The summed E-state index contributed by atoms with van der Waals surface area (Å²) in [6.45, 7) is 0. The third-order valence-corrected chi connectivity index (χ3v) is 4.51. The van der Waals surface area contributed by atoms with Gasteiger partial charge in [0.05, 0.1) is 0 Å². The largest absolute Gasteiger partial charge is 0.457 e. The number of anilines is 1. The second kappa shape index (κ2) is 8.62. The van der Waals surface area contributed by atoms with Gasteiger partial charge in [0, 0.05) is 11.1 Å². The normalized spacial score (nSPS) is 10.5. The van der Waals surface area contributed by atoms with Crippen LogP contribution in [-0.2, 0) is 0 Å². The minimum atomic E-state index is -1.18. The summed E-state index contributed by atoms with van der Waals surface area (Å²) in [4.78, 5) is 24.0. The molecule has 0 aliphatic rings. The van der Waals surface area contributed by atoms with E-state index in [2.05, 4.69) is 5.32 Å². The minimum absolute atomic E-state index is 0.365. The van der Waals surface area contributed by atoms with Crippen molar-refractivity contribution in [2.75, 3.05) is 5.32 Å². The Hall–Kier alpha value is -4.26. The van der Waals surface area contributed by atoms with Crippen molar-refractivity contribution in [3.05, 3.63) is 102 Å². The van der Waals surface area contributed by atoms with E-state index >= 15 is 0 Å². The summed E-state index contributed by atoms with van der Waals surface area (Å²) < 4.78 is 33.2. The smallest absolute Gasteiger partial charge is 0.326 e. The van der Waals surface area contributed by atoms with Crippen molar-refractivity contribution in [3.63, 3.8) is 0 Å². The van der Waals surface area contributed by atoms with E-state index in [-0.39, 0.29) is 0 Å². The summed E-state index contributed by atoms with van der Waals surface area (Å²) in [5.74, 6) is -2.05. The zero-order valence-corrected chi connectivity index (χ0v) is 16.1. The Labute approximate surface area is 176 Å². The highest BCUT2D eigenvalue weighted by molar-refractivity contribution is 6.08. The lowest BCUT2D eigenvalue weighted by Crippen LogP contribution is -2.35. The summed E-state index contributed by atoms with van der Waals surface area (Å²) in [5.41, 5.74) is -0.457. The summed E-state index contributed by atoms with van der Waals surface area (Å²) in [5, 5.41) is 6.34. The van der Waals surface area contributed by atoms with Gasteiger partial charge in [0.15, 0.2) is 0 Å². The zero-order valence-electron chi connectivity index (χ0n) is 16.1. The van der Waals surface area contributed by atoms with Crippen LogP contribution in [-0.4, -0.2) is 11.9 Å². The molecule has 7 heteroatoms. The minimum Gasteiger partial charge on any atom is -0.457 e. The number of hydrogen-bond acceptors (Lipinski definition) is 3. The molecule has 0 aliphatic carbocycles. The quantitative estimate of drug-likeness (QED) is 0.435. The van der Waals surface area contributed by atoms with Crippen LogP contribution in [0.3, 0.4) is 0 Å². The first-order valence-corrected chi connectivity index (χ1v) is 9.33. The van der Waals surface area contributed by atoms with Gasteiger partial charge in [0.1, 0.15) is 28.7 Å². The Balaban J connectivity index is 1.41. The molecule has 4 aromatic rings. The second-order valence-electron chi connectivity index (χ2n) is 6.61. The van der Waals surface area contributed by atoms with Crippen LogP contribution in [0.15, 0.2) is 84.9 Å². The average Bonchev–Trinajstić information content (AvgIpc) is 2.75. The lowest BCUT2D eigenvalue weighted by atomic mass is 10.1. The van der Waals surface area contributed by atoms with E-state index in [0.29, 0.717) is 17.2 Å². The maximum atomic E-state index is 13.7. The molecule has 0 aromatic heterocycles. The molecule has 4 rings (SSSR count). The standard InChI is InChI=1S/C24H16F2N2O3/c25-19-8-4-9-20(26)22(19)23(29)28-24(30)27-16-11-13-17(14-12-16)31-21-10-3-6-15-5-1-2-7-18(15)21/h1-14H,(H2,27,28,29,30). The van der Waals surface area contributed by atoms with Crippen LogP contribution in [0.5, 0.6) is 11.5 Å². The van der Waals surface area contributed by atoms with Gasteiger partial charge in [0.2, 0.25) is 0 Å². The maximum absolute atomic E-state index is 13.7. The summed E-state index contributed by atoms with van der Waals surface area (Å²) in [7, 11) is 0. The molecular formula is C24H16F2N2O3. The third-order valence-electron chi connectivity index (χ3n) is 4.51. The number of carbonyl (C=O) groups excluding carboxylic acids is 2. The van der Waals surface area contributed by atoms with Gasteiger partial charge >= 0.3 is 6.03 Å². The first-order valence-electron chi connectivity index (χ1n) is 9.33. The van der Waals surface area contributed by atoms with Crippen molar-refractivity contribution in [3.8, 4) is 11.5 Å². The van der Waals surface area contributed by atoms with E-state index in [9.17, 15) is 18.4 Å². The number of benzene rings is 4. The van der Waals surface area contributed by atoms with Crippen LogP contribution < -0.4 is 15.4 Å². The molecule has 0 radical (unpaired) electrons. The number of halogens is 2. The molecule has 2 N–H and O–H groups in total. The van der Waals surface area contributed by atoms with Crippen molar-refractivity contribution < 1.29 is 23.1 Å². The molecule has 0 fully saturated rings. The fraction of sp³-hybridized carbons (Fsp3) is 0. The fourth-order valence-corrected chi connectivity index (χ4v) is 3.06. The summed E-state index contributed by atoms with van der Waals surface area (Å²) in [6.07, 6.45) is 0. The highest BCUT2D eigenvalue weighted by Gasteiger charge is 2.19. The van der Waals surface area contributed by atoms with Crippen LogP contribution >= 0.6 is 0 Å². The Kier molecular flexibility index (Phi) is 5.57. The van der Waals surface area contributed by atoms with Crippen molar-refractivity contribution in [2.24, 2.45) is 0 Å². The Bertz CT molecular complexity index is 1250. The number of fused-ring (bicyclic) bond motifs is 1. The van der Waals surface area contributed by atoms with Gasteiger partial charge in [-0.05, 0) is 47.9 Å². The number of rotatable bonds is 4. The molecule has 0 atom stereocenters. The van der Waals surface area contributed by atoms with Gasteiger partial charge in [-0.3, -0.25) is 10.1 Å². The highest BCUT2D eigenvalue weighted by Crippen LogP contribution is 2.30. The molecule has 0 spiro atoms. The molecular weight excluding hydrogens is 402 g/mol. The lowest BCUT2D eigenvalue weighted by Gasteiger charge is -2.11. The predicted molar refractivity (Wildman–Crippen MR) is 113 cm³/mol. The van der Waals surface area contributed by atoms with E-state index in [4.69, 9.17) is 4.74 Å².